The smallest absolute Gasteiger partial charge is 0.170 e. The standard InChI is InChI=1S/C22H24N4OS/c1-16-7-5-8-17(15-16)25-12-6-10-19(25)21-20(18-9-3-4-11-23-18)24-22(28)26(21)13-14-27-2/h3-12,15,20-21H,13-14H2,1-2H3,(H,24,28)/t20-,21+/m1/s1. The molecule has 0 radical (unpaired) electrons. The number of thiocarbonyl (C=S) groups is 1. The fourth-order valence-electron chi connectivity index (χ4n) is 3.81. The number of pyridine rings is 1. The van der Waals surface area contributed by atoms with Gasteiger partial charge < -0.3 is 19.5 Å². The van der Waals surface area contributed by atoms with Crippen LogP contribution in [0.15, 0.2) is 67.0 Å². The first kappa shape index (κ1) is 18.7. The van der Waals surface area contributed by atoms with Crippen molar-refractivity contribution in [3.63, 3.8) is 0 Å². The van der Waals surface area contributed by atoms with Gasteiger partial charge in [0.25, 0.3) is 0 Å². The molecule has 1 fully saturated rings. The van der Waals surface area contributed by atoms with Gasteiger partial charge in [0.1, 0.15) is 0 Å². The minimum Gasteiger partial charge on any atom is -0.383 e. The number of hydrogen-bond acceptors (Lipinski definition) is 3. The second-order valence-corrected chi connectivity index (χ2v) is 7.34. The van der Waals surface area contributed by atoms with Crippen LogP contribution >= 0.6 is 12.2 Å². The van der Waals surface area contributed by atoms with E-state index in [9.17, 15) is 0 Å². The zero-order chi connectivity index (χ0) is 19.5. The van der Waals surface area contributed by atoms with Crippen LogP contribution in [0.5, 0.6) is 0 Å². The summed E-state index contributed by atoms with van der Waals surface area (Å²) >= 11 is 5.68. The van der Waals surface area contributed by atoms with Crippen LogP contribution in [0.4, 0.5) is 0 Å². The van der Waals surface area contributed by atoms with Crippen molar-refractivity contribution in [2.75, 3.05) is 20.3 Å². The van der Waals surface area contributed by atoms with Crippen molar-refractivity contribution < 1.29 is 4.74 Å². The van der Waals surface area contributed by atoms with E-state index in [2.05, 4.69) is 69.3 Å². The van der Waals surface area contributed by atoms with Gasteiger partial charge in [-0.1, -0.05) is 18.2 Å². The molecule has 0 saturated carbocycles. The number of ether oxygens (including phenoxy) is 1. The average Bonchev–Trinajstić information content (AvgIpc) is 3.31. The average molecular weight is 393 g/mol. The fourth-order valence-corrected chi connectivity index (χ4v) is 4.14. The number of aromatic nitrogens is 2. The molecule has 3 heterocycles. The Kier molecular flexibility index (Phi) is 5.41. The number of hydrogen-bond donors (Lipinski definition) is 1. The highest BCUT2D eigenvalue weighted by atomic mass is 32.1. The number of methoxy groups -OCH3 is 1. The maximum atomic E-state index is 5.68. The third-order valence-electron chi connectivity index (χ3n) is 5.10. The number of benzene rings is 1. The van der Waals surface area contributed by atoms with Crippen LogP contribution in [-0.2, 0) is 4.74 Å². The summed E-state index contributed by atoms with van der Waals surface area (Å²) in [5.74, 6) is 0. The first-order chi connectivity index (χ1) is 13.7. The number of aryl methyl sites for hydroxylation is 1. The van der Waals surface area contributed by atoms with Crippen molar-refractivity contribution in [2.24, 2.45) is 0 Å². The summed E-state index contributed by atoms with van der Waals surface area (Å²) in [5.41, 5.74) is 4.52. The molecule has 1 saturated heterocycles. The van der Waals surface area contributed by atoms with Crippen molar-refractivity contribution in [1.29, 1.82) is 0 Å². The summed E-state index contributed by atoms with van der Waals surface area (Å²) in [5, 5.41) is 4.21. The highest BCUT2D eigenvalue weighted by Crippen LogP contribution is 2.39. The van der Waals surface area contributed by atoms with Gasteiger partial charge >= 0.3 is 0 Å². The van der Waals surface area contributed by atoms with Gasteiger partial charge in [-0.05, 0) is 61.1 Å². The minimum absolute atomic E-state index is 0.0214. The molecule has 3 aromatic rings. The van der Waals surface area contributed by atoms with Gasteiger partial charge in [-0.15, -0.1) is 0 Å². The summed E-state index contributed by atoms with van der Waals surface area (Å²) in [6.07, 6.45) is 3.93. The Balaban J connectivity index is 1.79. The molecule has 1 N–H and O–H groups in total. The van der Waals surface area contributed by atoms with Crippen molar-refractivity contribution in [1.82, 2.24) is 19.8 Å². The number of rotatable bonds is 6. The molecule has 1 aliphatic rings. The molecule has 0 unspecified atom stereocenters. The largest absolute Gasteiger partial charge is 0.383 e. The van der Waals surface area contributed by atoms with Gasteiger partial charge in [-0.2, -0.15) is 0 Å². The molecule has 4 rings (SSSR count). The third kappa shape index (κ3) is 3.53. The first-order valence-electron chi connectivity index (χ1n) is 9.40. The molecule has 2 atom stereocenters. The maximum Gasteiger partial charge on any atom is 0.170 e. The molecule has 1 aliphatic heterocycles. The van der Waals surface area contributed by atoms with Crippen LogP contribution in [0, 0.1) is 6.92 Å². The van der Waals surface area contributed by atoms with Gasteiger partial charge in [0.05, 0.1) is 24.4 Å². The highest BCUT2D eigenvalue weighted by molar-refractivity contribution is 7.80. The molecule has 0 spiro atoms. The molecule has 6 heteroatoms. The summed E-state index contributed by atoms with van der Waals surface area (Å²) < 4.78 is 7.58. The SMILES string of the molecule is COCCN1C(=S)N[C@H](c2ccccn2)[C@@H]1c1cccn1-c1cccc(C)c1. The van der Waals surface area contributed by atoms with Crippen LogP contribution in [0.25, 0.3) is 5.69 Å². The zero-order valence-electron chi connectivity index (χ0n) is 16.1. The summed E-state index contributed by atoms with van der Waals surface area (Å²) in [4.78, 5) is 6.81. The van der Waals surface area contributed by atoms with Crippen molar-refractivity contribution in [3.8, 4) is 5.69 Å². The molecular formula is C22H24N4OS. The van der Waals surface area contributed by atoms with Crippen molar-refractivity contribution in [2.45, 2.75) is 19.0 Å². The van der Waals surface area contributed by atoms with Crippen LogP contribution in [0.1, 0.15) is 29.0 Å². The lowest BCUT2D eigenvalue weighted by Crippen LogP contribution is -2.33. The third-order valence-corrected chi connectivity index (χ3v) is 5.45. The number of nitrogens with zero attached hydrogens (tertiary/aromatic N) is 3. The van der Waals surface area contributed by atoms with Gasteiger partial charge in [-0.25, -0.2) is 0 Å². The van der Waals surface area contributed by atoms with Gasteiger partial charge in [0.2, 0.25) is 0 Å². The molecule has 144 valence electrons. The predicted molar refractivity (Wildman–Crippen MR) is 115 cm³/mol. The molecule has 2 aromatic heterocycles. The van der Waals surface area contributed by atoms with Crippen molar-refractivity contribution >= 4 is 17.3 Å². The minimum atomic E-state index is -0.0241. The molecule has 0 bridgehead atoms. The lowest BCUT2D eigenvalue weighted by atomic mass is 10.0. The van der Waals surface area contributed by atoms with Gasteiger partial charge in [0, 0.05) is 37.4 Å². The highest BCUT2D eigenvalue weighted by Gasteiger charge is 2.40. The van der Waals surface area contributed by atoms with Crippen molar-refractivity contribution in [3.05, 3.63) is 83.9 Å². The van der Waals surface area contributed by atoms with E-state index in [-0.39, 0.29) is 12.1 Å². The summed E-state index contributed by atoms with van der Waals surface area (Å²) in [7, 11) is 1.72. The molecule has 28 heavy (non-hydrogen) atoms. The maximum absolute atomic E-state index is 5.68. The van der Waals surface area contributed by atoms with Gasteiger partial charge in [0.15, 0.2) is 5.11 Å². The van der Waals surface area contributed by atoms with Gasteiger partial charge in [-0.3, -0.25) is 4.98 Å². The quantitative estimate of drug-likeness (QED) is 0.647. The predicted octanol–water partition coefficient (Wildman–Crippen LogP) is 3.80. The summed E-state index contributed by atoms with van der Waals surface area (Å²) in [6, 6.07) is 18.8. The summed E-state index contributed by atoms with van der Waals surface area (Å²) in [6.45, 7) is 3.44. The van der Waals surface area contributed by atoms with Crippen LogP contribution in [-0.4, -0.2) is 39.8 Å². The van der Waals surface area contributed by atoms with Crippen LogP contribution < -0.4 is 5.32 Å². The second kappa shape index (κ2) is 8.12. The van der Waals surface area contributed by atoms with E-state index in [0.29, 0.717) is 6.61 Å². The van der Waals surface area contributed by atoms with E-state index >= 15 is 0 Å². The van der Waals surface area contributed by atoms with E-state index in [0.717, 1.165) is 23.0 Å². The zero-order valence-corrected chi connectivity index (χ0v) is 16.9. The van der Waals surface area contributed by atoms with E-state index in [1.54, 1.807) is 7.11 Å². The topological polar surface area (TPSA) is 42.3 Å². The molecule has 0 amide bonds. The molecule has 1 aromatic carbocycles. The second-order valence-electron chi connectivity index (χ2n) is 6.95. The Bertz CT molecular complexity index is 956. The van der Waals surface area contributed by atoms with Crippen LogP contribution in [0.2, 0.25) is 0 Å². The number of nitrogens with one attached hydrogen (secondary N) is 1. The first-order valence-corrected chi connectivity index (χ1v) is 9.81. The van der Waals surface area contributed by atoms with Crippen LogP contribution in [0.3, 0.4) is 0 Å². The molecule has 5 nitrogen and oxygen atoms in total. The Morgan fingerprint density at radius 2 is 2.04 bits per heavy atom. The van der Waals surface area contributed by atoms with E-state index in [4.69, 9.17) is 17.0 Å². The lowest BCUT2D eigenvalue weighted by Gasteiger charge is -2.28. The Morgan fingerprint density at radius 3 is 2.79 bits per heavy atom. The Hall–Kier alpha value is -2.70. The van der Waals surface area contributed by atoms with E-state index in [1.165, 1.54) is 11.3 Å². The molecular weight excluding hydrogens is 368 g/mol. The fraction of sp³-hybridized carbons (Fsp3) is 0.273. The van der Waals surface area contributed by atoms with E-state index in [1.807, 2.05) is 24.4 Å². The lowest BCUT2D eigenvalue weighted by molar-refractivity contribution is 0.163. The normalized spacial score (nSPS) is 19.1. The Morgan fingerprint density at radius 1 is 1.14 bits per heavy atom. The Labute approximate surface area is 171 Å². The monoisotopic (exact) mass is 392 g/mol. The van der Waals surface area contributed by atoms with E-state index < -0.39 is 0 Å². The molecule has 0 aliphatic carbocycles.